The van der Waals surface area contributed by atoms with E-state index in [1.54, 1.807) is 0 Å². The molecule has 1 aromatic heterocycles. The van der Waals surface area contributed by atoms with Gasteiger partial charge in [-0.05, 0) is 11.5 Å². The average Bonchev–Trinajstić information content (AvgIpc) is 2.68. The maximum Gasteiger partial charge on any atom is 0.267 e. The summed E-state index contributed by atoms with van der Waals surface area (Å²) in [4.78, 5) is 12.8. The summed E-state index contributed by atoms with van der Waals surface area (Å²) >= 11 is 6.29. The largest absolute Gasteiger partial charge is 0.331 e. The Hall–Kier alpha value is -0.820. The molecule has 0 unspecified atom stereocenters. The van der Waals surface area contributed by atoms with E-state index in [9.17, 15) is 13.6 Å². The fraction of sp³-hybridized carbons (Fsp3) is 0.571. The highest BCUT2D eigenvalue weighted by Crippen LogP contribution is 2.09. The van der Waals surface area contributed by atoms with E-state index in [0.717, 1.165) is 16.4 Å². The van der Waals surface area contributed by atoms with E-state index in [0.29, 0.717) is 0 Å². The molecule has 0 N–H and O–H groups in total. The summed E-state index contributed by atoms with van der Waals surface area (Å²) in [6.07, 6.45) is -1.32. The topological polar surface area (TPSA) is 46.1 Å². The Morgan fingerprint density at radius 1 is 1.67 bits per heavy atom. The van der Waals surface area contributed by atoms with Crippen LogP contribution in [0.15, 0.2) is 6.20 Å². The first-order chi connectivity index (χ1) is 7.15. The smallest absolute Gasteiger partial charge is 0.267 e. The highest BCUT2D eigenvalue weighted by atomic mass is 35.5. The zero-order valence-electron chi connectivity index (χ0n) is 7.57. The monoisotopic (exact) mass is 255 g/mol. The molecule has 4 nitrogen and oxygen atoms in total. The second-order valence-corrected chi connectivity index (χ2v) is 3.78. The predicted octanol–water partition coefficient (Wildman–Crippen LogP) is 1.48. The summed E-state index contributed by atoms with van der Waals surface area (Å²) in [6, 6.07) is 0. The molecule has 15 heavy (non-hydrogen) atoms. The van der Waals surface area contributed by atoms with Crippen LogP contribution < -0.4 is 0 Å². The molecule has 1 aromatic rings. The molecule has 0 saturated heterocycles. The summed E-state index contributed by atoms with van der Waals surface area (Å²) in [7, 11) is 0. The highest BCUT2D eigenvalue weighted by Gasteiger charge is 2.20. The van der Waals surface area contributed by atoms with Crippen molar-refractivity contribution in [3.8, 4) is 0 Å². The fourth-order valence-corrected chi connectivity index (χ4v) is 1.65. The molecule has 0 saturated carbocycles. The highest BCUT2D eigenvalue weighted by molar-refractivity contribution is 7.07. The molecule has 0 atom stereocenters. The van der Waals surface area contributed by atoms with Crippen LogP contribution in [0.3, 0.4) is 0 Å². The number of rotatable bonds is 5. The minimum Gasteiger partial charge on any atom is -0.331 e. The Morgan fingerprint density at radius 2 is 2.40 bits per heavy atom. The second-order valence-electron chi connectivity index (χ2n) is 2.61. The van der Waals surface area contributed by atoms with Gasteiger partial charge < -0.3 is 4.90 Å². The first kappa shape index (κ1) is 12.3. The predicted molar refractivity (Wildman–Crippen MR) is 52.5 cm³/mol. The lowest BCUT2D eigenvalue weighted by atomic mass is 10.4. The number of halogens is 3. The van der Waals surface area contributed by atoms with Crippen molar-refractivity contribution in [2.75, 3.05) is 19.0 Å². The molecule has 0 aromatic carbocycles. The van der Waals surface area contributed by atoms with E-state index < -0.39 is 18.9 Å². The van der Waals surface area contributed by atoms with Crippen molar-refractivity contribution < 1.29 is 13.6 Å². The zero-order valence-corrected chi connectivity index (χ0v) is 9.14. The zero-order chi connectivity index (χ0) is 11.3. The quantitative estimate of drug-likeness (QED) is 0.749. The van der Waals surface area contributed by atoms with E-state index in [1.165, 1.54) is 6.20 Å². The molecule has 84 valence electrons. The third-order valence-electron chi connectivity index (χ3n) is 1.57. The van der Waals surface area contributed by atoms with Crippen molar-refractivity contribution in [2.24, 2.45) is 0 Å². The van der Waals surface area contributed by atoms with Gasteiger partial charge >= 0.3 is 0 Å². The summed E-state index contributed by atoms with van der Waals surface area (Å²) in [6.45, 7) is -0.536. The molecular weight excluding hydrogens is 248 g/mol. The van der Waals surface area contributed by atoms with E-state index in [1.807, 2.05) is 0 Å². The summed E-state index contributed by atoms with van der Waals surface area (Å²) in [5.74, 6) is -0.393. The third kappa shape index (κ3) is 3.67. The van der Waals surface area contributed by atoms with Gasteiger partial charge in [0.1, 0.15) is 4.88 Å². The minimum atomic E-state index is -2.57. The van der Waals surface area contributed by atoms with Gasteiger partial charge in [-0.2, -0.15) is 0 Å². The Labute approximate surface area is 94.0 Å². The number of carbonyl (C=O) groups is 1. The molecule has 0 spiro atoms. The molecule has 8 heteroatoms. The van der Waals surface area contributed by atoms with Gasteiger partial charge in [0.2, 0.25) is 0 Å². The first-order valence-electron chi connectivity index (χ1n) is 4.06. The number of aromatic nitrogens is 2. The van der Waals surface area contributed by atoms with E-state index in [-0.39, 0.29) is 17.3 Å². The Morgan fingerprint density at radius 3 is 2.87 bits per heavy atom. The molecule has 0 bridgehead atoms. The van der Waals surface area contributed by atoms with Crippen LogP contribution in [-0.4, -0.2) is 45.8 Å². The maximum absolute atomic E-state index is 12.1. The molecular formula is C7H8ClF2N3OS. The Bertz CT molecular complexity index is 309. The van der Waals surface area contributed by atoms with Crippen LogP contribution in [0, 0.1) is 0 Å². The number of amides is 1. The number of nitrogens with zero attached hydrogens (tertiary/aromatic N) is 3. The van der Waals surface area contributed by atoms with E-state index in [4.69, 9.17) is 11.6 Å². The van der Waals surface area contributed by atoms with Crippen molar-refractivity contribution in [3.05, 3.63) is 11.1 Å². The lowest BCUT2D eigenvalue weighted by Gasteiger charge is -2.19. The molecule has 0 aliphatic carbocycles. The van der Waals surface area contributed by atoms with Crippen molar-refractivity contribution in [1.29, 1.82) is 0 Å². The van der Waals surface area contributed by atoms with Gasteiger partial charge in [-0.15, -0.1) is 16.7 Å². The van der Waals surface area contributed by atoms with Crippen LogP contribution >= 0.6 is 23.1 Å². The first-order valence-corrected chi connectivity index (χ1v) is 5.36. The Kier molecular flexibility index (Phi) is 4.83. The molecule has 0 fully saturated rings. The van der Waals surface area contributed by atoms with Crippen LogP contribution in [0.25, 0.3) is 0 Å². The Balaban J connectivity index is 2.67. The van der Waals surface area contributed by atoms with E-state index in [2.05, 4.69) is 9.59 Å². The van der Waals surface area contributed by atoms with Gasteiger partial charge in [0.25, 0.3) is 12.3 Å². The third-order valence-corrected chi connectivity index (χ3v) is 2.39. The number of hydrogen-bond acceptors (Lipinski definition) is 4. The lowest BCUT2D eigenvalue weighted by Crippen LogP contribution is -2.36. The van der Waals surface area contributed by atoms with Crippen LogP contribution in [0.4, 0.5) is 8.78 Å². The van der Waals surface area contributed by atoms with Crippen LogP contribution in [0.5, 0.6) is 0 Å². The number of alkyl halides is 3. The van der Waals surface area contributed by atoms with E-state index >= 15 is 0 Å². The average molecular weight is 256 g/mol. The molecule has 0 radical (unpaired) electrons. The molecule has 1 heterocycles. The molecule has 1 rings (SSSR count). The lowest BCUT2D eigenvalue weighted by molar-refractivity contribution is 0.0575. The van der Waals surface area contributed by atoms with Crippen molar-refractivity contribution in [3.63, 3.8) is 0 Å². The summed E-state index contributed by atoms with van der Waals surface area (Å²) < 4.78 is 27.8. The maximum atomic E-state index is 12.1. The second kappa shape index (κ2) is 5.92. The summed E-state index contributed by atoms with van der Waals surface area (Å²) in [5.41, 5.74) is 0. The summed E-state index contributed by atoms with van der Waals surface area (Å²) in [5, 5.41) is 3.47. The SMILES string of the molecule is O=C(c1cnns1)N(CCCl)CC(F)F. The fourth-order valence-electron chi connectivity index (χ4n) is 0.962. The van der Waals surface area contributed by atoms with Gasteiger partial charge in [-0.25, -0.2) is 8.78 Å². The number of hydrogen-bond donors (Lipinski definition) is 0. The standard InChI is InChI=1S/C7H8ClF2N3OS/c8-1-2-13(4-6(9)10)7(14)5-3-11-12-15-5/h3,6H,1-2,4H2. The normalized spacial score (nSPS) is 10.7. The number of carbonyl (C=O) groups excluding carboxylic acids is 1. The van der Waals surface area contributed by atoms with Gasteiger partial charge in [0.05, 0.1) is 12.7 Å². The van der Waals surface area contributed by atoms with Crippen molar-refractivity contribution >= 4 is 29.0 Å². The van der Waals surface area contributed by atoms with Gasteiger partial charge in [-0.3, -0.25) is 4.79 Å². The molecule has 0 aliphatic heterocycles. The van der Waals surface area contributed by atoms with Crippen LogP contribution in [0.2, 0.25) is 0 Å². The van der Waals surface area contributed by atoms with Gasteiger partial charge in [-0.1, -0.05) is 4.49 Å². The van der Waals surface area contributed by atoms with Crippen LogP contribution in [-0.2, 0) is 0 Å². The molecule has 0 aliphatic rings. The molecule has 1 amide bonds. The van der Waals surface area contributed by atoms with Crippen molar-refractivity contribution in [2.45, 2.75) is 6.43 Å². The minimum absolute atomic E-state index is 0.0859. The van der Waals surface area contributed by atoms with Crippen LogP contribution in [0.1, 0.15) is 9.67 Å². The van der Waals surface area contributed by atoms with Crippen molar-refractivity contribution in [1.82, 2.24) is 14.5 Å². The van der Waals surface area contributed by atoms with Gasteiger partial charge in [0.15, 0.2) is 0 Å². The van der Waals surface area contributed by atoms with Gasteiger partial charge in [0, 0.05) is 12.4 Å².